The van der Waals surface area contributed by atoms with Crippen LogP contribution in [0, 0.1) is 0 Å². The smallest absolute Gasteiger partial charge is 0.165 e. The van der Waals surface area contributed by atoms with Crippen LogP contribution in [-0.4, -0.2) is 52.7 Å². The minimum atomic E-state index is 0.803. The number of hydrogen-bond acceptors (Lipinski definition) is 8. The Bertz CT molecular complexity index is 10300. The molecule has 0 aliphatic rings. The monoisotopic (exact) mass is 1850 g/mol. The number of para-hydroxylation sites is 15. The Balaban J connectivity index is 0.000000106. The predicted molar refractivity (Wildman–Crippen MR) is 599 cm³/mol. The van der Waals surface area contributed by atoms with Crippen molar-refractivity contribution in [3.05, 3.63) is 510 Å². The number of fused-ring (bicyclic) bond motifs is 22. The molecule has 0 saturated heterocycles. The molecule has 145 heavy (non-hydrogen) atoms. The van der Waals surface area contributed by atoms with Gasteiger partial charge in [0, 0.05) is 104 Å². The lowest BCUT2D eigenvalue weighted by Gasteiger charge is -2.25. The topological polar surface area (TPSA) is 118 Å². The van der Waals surface area contributed by atoms with Crippen LogP contribution in [0.3, 0.4) is 0 Å². The maximum Gasteiger partial charge on any atom is 0.165 e. The summed E-state index contributed by atoms with van der Waals surface area (Å²) in [6.45, 7) is 0. The van der Waals surface area contributed by atoms with E-state index in [0.29, 0.717) is 0 Å². The van der Waals surface area contributed by atoms with Gasteiger partial charge in [-0.2, -0.15) is 0 Å². The van der Waals surface area contributed by atoms with E-state index in [-0.39, 0.29) is 0 Å². The van der Waals surface area contributed by atoms with Crippen molar-refractivity contribution in [1.29, 1.82) is 0 Å². The Hall–Kier alpha value is -19.8. The van der Waals surface area contributed by atoms with E-state index in [4.69, 9.17) is 34.3 Å². The molecule has 21 aromatic carbocycles. The van der Waals surface area contributed by atoms with Gasteiger partial charge in [0.25, 0.3) is 0 Å². The van der Waals surface area contributed by atoms with Gasteiger partial charge in [0.15, 0.2) is 17.5 Å². The molecule has 0 N–H and O–H groups in total. The Morgan fingerprint density at radius 2 is 0.448 bits per heavy atom. The van der Waals surface area contributed by atoms with Crippen molar-refractivity contribution in [2.45, 2.75) is 0 Å². The summed E-state index contributed by atoms with van der Waals surface area (Å²) in [5, 5.41) is 14.0. The zero-order valence-corrected chi connectivity index (χ0v) is 78.3. The number of hydrogen-bond donors (Lipinski definition) is 0. The minimum Gasteiger partial charge on any atom is -0.455 e. The molecule has 678 valence electrons. The fourth-order valence-corrected chi connectivity index (χ4v) is 21.8. The van der Waals surface area contributed by atoms with E-state index in [1.807, 2.05) is 97.1 Å². The zero-order chi connectivity index (χ0) is 95.5. The standard InChI is InChI=1S/C44H26N4O.C44H28N4.C44H30N4/c1-3-13-27(14-4-1)42-44(46-35-20-10-9-19-34(35)45-42)48-36-21-11-7-17-29(36)32-25-33-39(26-38(32)48)47(28-15-5-2-6-16-28)37-24-23-31-30-18-8-12-22-40(30)49-43(31)41(33)37;1-3-13-29(14-4-1)43-44(46-38-20-10-9-19-37(38)45-43)48-40-22-12-8-18-34(40)36-28-31(24-26-42(36)48)30-23-25-41-35(27-30)33-17-7-11-21-39(33)47(41)32-15-5-2-6-16-32;1-4-14-32(15-5-1)43-44(46-40-22-12-11-21-39(40)45-43)48-41-23-13-10-20-37(41)38-30-33(26-29-42(38)48)31-24-27-36(28-25-31)47(34-16-6-2-7-17-34)35-18-8-3-9-19-35/h1-26H;1-28H;1-30H. The van der Waals surface area contributed by atoms with E-state index in [0.717, 1.165) is 212 Å². The van der Waals surface area contributed by atoms with Crippen LogP contribution >= 0.6 is 0 Å². The van der Waals surface area contributed by atoms with E-state index in [1.165, 1.54) is 54.5 Å². The van der Waals surface area contributed by atoms with Crippen molar-refractivity contribution in [1.82, 2.24) is 52.7 Å². The third-order valence-corrected chi connectivity index (χ3v) is 28.4. The van der Waals surface area contributed by atoms with Crippen LogP contribution in [0.15, 0.2) is 514 Å². The van der Waals surface area contributed by atoms with Crippen LogP contribution in [-0.2, 0) is 0 Å². The van der Waals surface area contributed by atoms with Crippen molar-refractivity contribution in [3.63, 3.8) is 0 Å². The van der Waals surface area contributed by atoms with Gasteiger partial charge in [-0.25, -0.2) is 29.9 Å². The van der Waals surface area contributed by atoms with Crippen LogP contribution in [0.5, 0.6) is 0 Å². The third-order valence-electron chi connectivity index (χ3n) is 28.4. The fraction of sp³-hybridized carbons (Fsp3) is 0. The van der Waals surface area contributed by atoms with Gasteiger partial charge in [0.2, 0.25) is 0 Å². The number of anilines is 3. The zero-order valence-electron chi connectivity index (χ0n) is 78.3. The second-order valence-electron chi connectivity index (χ2n) is 36.7. The summed E-state index contributed by atoms with van der Waals surface area (Å²) >= 11 is 0. The molecule has 0 atom stereocenters. The van der Waals surface area contributed by atoms with Crippen molar-refractivity contribution in [2.75, 3.05) is 4.90 Å². The average molecular weight is 1850 g/mol. The maximum atomic E-state index is 6.67. The van der Waals surface area contributed by atoms with Gasteiger partial charge in [-0.3, -0.25) is 13.7 Å². The van der Waals surface area contributed by atoms with Gasteiger partial charge in [-0.05, 0) is 210 Å². The van der Waals surface area contributed by atoms with Crippen molar-refractivity contribution in [2.24, 2.45) is 0 Å². The summed E-state index contributed by atoms with van der Waals surface area (Å²) in [7, 11) is 0. The third kappa shape index (κ3) is 14.1. The van der Waals surface area contributed by atoms with E-state index in [2.05, 4.69) is 440 Å². The van der Waals surface area contributed by atoms with Crippen LogP contribution < -0.4 is 4.90 Å². The molecule has 30 rings (SSSR count). The second-order valence-corrected chi connectivity index (χ2v) is 36.7. The number of nitrogens with zero attached hydrogens (tertiary/aromatic N) is 12. The average Bonchev–Trinajstić information content (AvgIpc) is 1.53. The lowest BCUT2D eigenvalue weighted by molar-refractivity contribution is 0.673. The van der Waals surface area contributed by atoms with E-state index in [1.54, 1.807) is 0 Å². The molecule has 0 spiro atoms. The summed E-state index contributed by atoms with van der Waals surface area (Å²) in [6, 6.07) is 179. The number of benzene rings is 21. The first-order valence-corrected chi connectivity index (χ1v) is 49.0. The highest BCUT2D eigenvalue weighted by atomic mass is 16.3. The van der Waals surface area contributed by atoms with Gasteiger partial charge < -0.3 is 18.5 Å². The van der Waals surface area contributed by atoms with Crippen LogP contribution in [0.4, 0.5) is 17.1 Å². The first-order valence-electron chi connectivity index (χ1n) is 49.0. The first-order chi connectivity index (χ1) is 71.9. The number of furan rings is 1. The van der Waals surface area contributed by atoms with Crippen LogP contribution in [0.2, 0.25) is 0 Å². The SMILES string of the molecule is c1ccc(-c2nc3ccccc3nc2-n2c3ccccc3c3cc(-c4ccc(N(c5ccccc5)c5ccccc5)cc4)ccc32)cc1.c1ccc(-c2nc3ccccc3nc2-n2c3ccccc3c3cc(-c4ccc5c(c4)c4ccccc4n5-c4ccccc4)ccc32)cc1.c1ccc(-c2nc3ccccc3nc2-n2c3ccccc3c3cc4c5c6oc7ccccc7c6ccc5n(-c5ccccc5)c4cc32)cc1. The largest absolute Gasteiger partial charge is 0.455 e. The molecule has 9 aromatic heterocycles. The molecule has 9 heterocycles. The van der Waals surface area contributed by atoms with E-state index < -0.39 is 0 Å². The minimum absolute atomic E-state index is 0.803. The first kappa shape index (κ1) is 83.4. The molecule has 0 fully saturated rings. The Morgan fingerprint density at radius 1 is 0.166 bits per heavy atom. The van der Waals surface area contributed by atoms with Gasteiger partial charge in [-0.15, -0.1) is 0 Å². The predicted octanol–water partition coefficient (Wildman–Crippen LogP) is 34.1. The Morgan fingerprint density at radius 3 is 0.862 bits per heavy atom. The number of rotatable bonds is 13. The van der Waals surface area contributed by atoms with E-state index >= 15 is 0 Å². The molecule has 0 unspecified atom stereocenters. The molecule has 0 aliphatic carbocycles. The molecule has 0 saturated carbocycles. The molecular weight excluding hydrogens is 1770 g/mol. The van der Waals surface area contributed by atoms with Crippen LogP contribution in [0.1, 0.15) is 0 Å². The maximum absolute atomic E-state index is 6.67. The van der Waals surface area contributed by atoms with Crippen molar-refractivity contribution < 1.29 is 4.42 Å². The second kappa shape index (κ2) is 34.7. The van der Waals surface area contributed by atoms with Gasteiger partial charge >= 0.3 is 0 Å². The summed E-state index contributed by atoms with van der Waals surface area (Å²) < 4.78 is 18.3. The van der Waals surface area contributed by atoms with Crippen molar-refractivity contribution >= 4 is 181 Å². The molecule has 30 aromatic rings. The molecule has 0 aliphatic heterocycles. The highest BCUT2D eigenvalue weighted by molar-refractivity contribution is 6.27. The molecule has 0 amide bonds. The lowest BCUT2D eigenvalue weighted by Crippen LogP contribution is -2.09. The summed E-state index contributed by atoms with van der Waals surface area (Å²) in [4.78, 5) is 33.7. The molecular formula is C132H84N12O. The Kier molecular flexibility index (Phi) is 20.0. The van der Waals surface area contributed by atoms with Gasteiger partial charge in [0.05, 0.1) is 93.7 Å². The van der Waals surface area contributed by atoms with Crippen molar-refractivity contribution in [3.8, 4) is 84.9 Å². The molecule has 13 heteroatoms. The summed E-state index contributed by atoms with van der Waals surface area (Å²) in [6.07, 6.45) is 0. The quantitative estimate of drug-likeness (QED) is 0.112. The Labute approximate surface area is 831 Å². The molecule has 0 radical (unpaired) electrons. The number of aromatic nitrogens is 11. The van der Waals surface area contributed by atoms with Gasteiger partial charge in [0.1, 0.15) is 28.2 Å². The van der Waals surface area contributed by atoms with Gasteiger partial charge in [-0.1, -0.05) is 322 Å². The summed E-state index contributed by atoms with van der Waals surface area (Å²) in [5.74, 6) is 2.46. The normalized spacial score (nSPS) is 11.7. The molecule has 0 bridgehead atoms. The summed E-state index contributed by atoms with van der Waals surface area (Å²) in [5.41, 5.74) is 34.1. The molecule has 13 nitrogen and oxygen atoms in total. The highest BCUT2D eigenvalue weighted by Gasteiger charge is 2.28. The van der Waals surface area contributed by atoms with E-state index in [9.17, 15) is 0 Å². The highest BCUT2D eigenvalue weighted by Crippen LogP contribution is 2.48. The lowest BCUT2D eigenvalue weighted by atomic mass is 10.0. The fourth-order valence-electron chi connectivity index (χ4n) is 21.8. The van der Waals surface area contributed by atoms with Crippen LogP contribution in [0.25, 0.3) is 249 Å².